The van der Waals surface area contributed by atoms with Crippen molar-refractivity contribution in [2.75, 3.05) is 0 Å². The molecule has 0 aliphatic carbocycles. The summed E-state index contributed by atoms with van der Waals surface area (Å²) in [7, 11) is 0. The van der Waals surface area contributed by atoms with Crippen molar-refractivity contribution in [2.45, 2.75) is 138 Å². The number of rotatable bonds is 2. The van der Waals surface area contributed by atoms with Crippen LogP contribution in [-0.4, -0.2) is 0 Å². The molecule has 2 radical (unpaired) electrons. The molecule has 0 nitrogen and oxygen atoms in total. The van der Waals surface area contributed by atoms with Gasteiger partial charge >= 0.3 is 0 Å². The summed E-state index contributed by atoms with van der Waals surface area (Å²) in [6.07, 6.45) is 0. The average molecular weight is 1500 g/mol. The predicted octanol–water partition coefficient (Wildman–Crippen LogP) is 32.1. The van der Waals surface area contributed by atoms with Crippen LogP contribution in [0, 0.1) is 24.3 Å². The van der Waals surface area contributed by atoms with E-state index in [1.54, 1.807) is 0 Å². The summed E-state index contributed by atoms with van der Waals surface area (Å²) in [6, 6.07) is 140. The van der Waals surface area contributed by atoms with Crippen LogP contribution in [0.25, 0.3) is 76.1 Å². The van der Waals surface area contributed by atoms with E-state index in [0.717, 1.165) is 22.3 Å². The molecule has 0 aliphatic rings. The molecule has 0 fully saturated rings. The van der Waals surface area contributed by atoms with Gasteiger partial charge in [0.25, 0.3) is 0 Å². The number of hydrogen-bond acceptors (Lipinski definition) is 0. The second kappa shape index (κ2) is 78.5. The SMILES string of the molecule is CC.CC.CC.CC.CC.CC.CC.CC.CC.CC.[Y].[Y].[c-]1ccccc1-c1[c-]cccc1.[c-]1ccccc1-c1[c-]cccc1.c1ccc2cc3ccccc3cc2c1.c1ccc2ccccc2c1.c1ccc2ccccc2c1.c1ccc2ccccc2c1.c1ccccc1.c1ccccc1. The van der Waals surface area contributed by atoms with Gasteiger partial charge in [0.05, 0.1) is 0 Å². The molecule has 0 amide bonds. The fourth-order valence-corrected chi connectivity index (χ4v) is 8.29. The van der Waals surface area contributed by atoms with E-state index >= 15 is 0 Å². The summed E-state index contributed by atoms with van der Waals surface area (Å²) in [5.41, 5.74) is 4.38. The second-order valence-corrected chi connectivity index (χ2v) is 18.0. The Morgan fingerprint density at radius 2 is 0.235 bits per heavy atom. The maximum Gasteiger partial charge on any atom is 0 e. The fraction of sp³-hybridized carbons (Fsp3) is 0.200. The molecule has 15 rings (SSSR count). The zero-order chi connectivity index (χ0) is 74.8. The minimum Gasteiger partial charge on any atom is -0.226 e. The van der Waals surface area contributed by atoms with Crippen molar-refractivity contribution >= 4 is 53.9 Å². The normalized spacial score (nSPS) is 8.24. The van der Waals surface area contributed by atoms with Gasteiger partial charge in [-0.05, 0) is 66.0 Å². The van der Waals surface area contributed by atoms with Crippen LogP contribution in [0.3, 0.4) is 0 Å². The maximum absolute atomic E-state index is 3.15. The second-order valence-electron chi connectivity index (χ2n) is 18.0. The third-order valence-corrected chi connectivity index (χ3v) is 12.3. The van der Waals surface area contributed by atoms with Gasteiger partial charge in [0.2, 0.25) is 0 Å². The van der Waals surface area contributed by atoms with Crippen LogP contribution in [-0.2, 0) is 65.4 Å². The summed E-state index contributed by atoms with van der Waals surface area (Å²) in [4.78, 5) is 0. The van der Waals surface area contributed by atoms with Gasteiger partial charge < -0.3 is 0 Å². The van der Waals surface area contributed by atoms with Crippen LogP contribution in [0.15, 0.2) is 376 Å². The summed E-state index contributed by atoms with van der Waals surface area (Å²) in [5, 5.41) is 13.1. The van der Waals surface area contributed by atoms with Gasteiger partial charge in [-0.2, -0.15) is 97.1 Å². The Labute approximate surface area is 674 Å². The maximum atomic E-state index is 3.15. The Bertz CT molecular complexity index is 3340. The van der Waals surface area contributed by atoms with E-state index in [9.17, 15) is 0 Å². The van der Waals surface area contributed by atoms with Gasteiger partial charge in [0, 0.05) is 65.4 Å². The number of fused-ring (bicyclic) bond motifs is 5. The molecule has 0 aliphatic heterocycles. The van der Waals surface area contributed by atoms with Gasteiger partial charge in [-0.15, -0.1) is 24.3 Å². The summed E-state index contributed by atoms with van der Waals surface area (Å²) >= 11 is 0. The van der Waals surface area contributed by atoms with Crippen LogP contribution in [0.4, 0.5) is 0 Å². The fourth-order valence-electron chi connectivity index (χ4n) is 8.29. The molecule has 15 aromatic carbocycles. The first kappa shape index (κ1) is 102. The van der Waals surface area contributed by atoms with Gasteiger partial charge in [0.1, 0.15) is 0 Å². The smallest absolute Gasteiger partial charge is 0 e. The van der Waals surface area contributed by atoms with E-state index in [1.807, 2.05) is 308 Å². The van der Waals surface area contributed by atoms with Gasteiger partial charge in [-0.25, -0.2) is 22.3 Å². The van der Waals surface area contributed by atoms with Crippen molar-refractivity contribution in [3.05, 3.63) is 400 Å². The van der Waals surface area contributed by atoms with E-state index in [-0.39, 0.29) is 65.4 Å². The molecule has 0 saturated heterocycles. The quantitative estimate of drug-likeness (QED) is 0.120. The molecular formula is C100H122Y2-4. The van der Waals surface area contributed by atoms with Crippen molar-refractivity contribution < 1.29 is 65.4 Å². The van der Waals surface area contributed by atoms with E-state index in [4.69, 9.17) is 0 Å². The Morgan fingerprint density at radius 1 is 0.127 bits per heavy atom. The van der Waals surface area contributed by atoms with Crippen molar-refractivity contribution in [1.82, 2.24) is 0 Å². The first-order valence-electron chi connectivity index (χ1n) is 36.8. The monoisotopic (exact) mass is 1500 g/mol. The molecule has 15 aromatic rings. The van der Waals surface area contributed by atoms with Crippen LogP contribution in [0.5, 0.6) is 0 Å². The van der Waals surface area contributed by atoms with Crippen molar-refractivity contribution in [3.8, 4) is 22.3 Å². The molecule has 0 heterocycles. The molecule has 0 bridgehead atoms. The van der Waals surface area contributed by atoms with Crippen LogP contribution in [0.2, 0.25) is 0 Å². The topological polar surface area (TPSA) is 0 Å². The standard InChI is InChI=1S/C14H10.2C12H8.3C10H8.2C6H6.10C2H6.2Y/c1-2-6-12-10-14-8-4-3-7-13(14)9-11(12)5-1;2*1-3-7-11(8-4-1)12-9-5-2-6-10-12;3*1-2-6-10-8-4-3-7-9(10)5-1;2*1-2-4-6-5-3-1;10*1-2;;/h1-10H;2*1-7,9H;3*1-8H;2*1-6H;10*1-2H3;;/q;2*-2;;;;;;;;;;;;;;;;;. The molecular weight excluding hydrogens is 1380 g/mol. The van der Waals surface area contributed by atoms with E-state index in [2.05, 4.69) is 231 Å². The minimum atomic E-state index is 0. The van der Waals surface area contributed by atoms with Crippen molar-refractivity contribution in [3.63, 3.8) is 0 Å². The third-order valence-electron chi connectivity index (χ3n) is 12.3. The largest absolute Gasteiger partial charge is 0.226 e. The van der Waals surface area contributed by atoms with Crippen LogP contribution < -0.4 is 0 Å². The van der Waals surface area contributed by atoms with Crippen LogP contribution in [0.1, 0.15) is 138 Å². The first-order valence-corrected chi connectivity index (χ1v) is 36.8. The predicted molar refractivity (Wildman–Crippen MR) is 459 cm³/mol. The molecule has 0 aromatic heterocycles. The molecule has 532 valence electrons. The molecule has 2 heteroatoms. The number of hydrogen-bond donors (Lipinski definition) is 0. The van der Waals surface area contributed by atoms with Gasteiger partial charge in [-0.1, -0.05) is 405 Å². The Morgan fingerprint density at radius 3 is 0.343 bits per heavy atom. The molecule has 0 saturated carbocycles. The molecule has 0 atom stereocenters. The van der Waals surface area contributed by atoms with E-state index < -0.39 is 0 Å². The molecule has 0 spiro atoms. The number of benzene rings is 15. The summed E-state index contributed by atoms with van der Waals surface area (Å²) < 4.78 is 0. The van der Waals surface area contributed by atoms with Gasteiger partial charge in [-0.3, -0.25) is 0 Å². The third kappa shape index (κ3) is 46.3. The molecule has 0 N–H and O–H groups in total. The average Bonchev–Trinajstić information content (AvgIpc) is 0.811. The van der Waals surface area contributed by atoms with Crippen molar-refractivity contribution in [2.24, 2.45) is 0 Å². The molecule has 0 unspecified atom stereocenters. The Balaban J connectivity index is -0.000000341. The zero-order valence-electron chi connectivity index (χ0n) is 66.0. The van der Waals surface area contributed by atoms with E-state index in [1.165, 1.54) is 53.9 Å². The molecule has 102 heavy (non-hydrogen) atoms. The minimum absolute atomic E-state index is 0. The van der Waals surface area contributed by atoms with Crippen molar-refractivity contribution in [1.29, 1.82) is 0 Å². The van der Waals surface area contributed by atoms with Crippen LogP contribution >= 0.6 is 0 Å². The Kier molecular flexibility index (Phi) is 78.9. The first-order chi connectivity index (χ1) is 49.8. The Hall–Kier alpha value is -8.19. The van der Waals surface area contributed by atoms with Gasteiger partial charge in [0.15, 0.2) is 0 Å². The summed E-state index contributed by atoms with van der Waals surface area (Å²) in [6.45, 7) is 40.0. The summed E-state index contributed by atoms with van der Waals surface area (Å²) in [5.74, 6) is 0. The zero-order valence-corrected chi connectivity index (χ0v) is 71.6. The van der Waals surface area contributed by atoms with E-state index in [0.29, 0.717) is 0 Å².